The van der Waals surface area contributed by atoms with Crippen LogP contribution in [0.25, 0.3) is 0 Å². The van der Waals surface area contributed by atoms with Crippen LogP contribution in [-0.4, -0.2) is 62.2 Å². The highest BCUT2D eigenvalue weighted by atomic mass is 16.6. The monoisotopic (exact) mass is 386 g/mol. The van der Waals surface area contributed by atoms with Gasteiger partial charge in [0, 0.05) is 17.7 Å². The third-order valence-corrected chi connectivity index (χ3v) is 2.56. The standard InChI is InChI=1S/C8H14O2.C6H8O3.C5H8O3/c1-4-5-6-10-8(9)7(2)3;1-2-6(7)9-4-5-3-8-5;1-2-5(7)8-4-3-6/h2,4-6H2,1,3H3;2,5H,1,3-4H2;2,6H,1,3-4H2. The fourth-order valence-corrected chi connectivity index (χ4v) is 1.04. The molecule has 1 saturated heterocycles. The van der Waals surface area contributed by atoms with E-state index in [1.807, 2.05) is 0 Å². The van der Waals surface area contributed by atoms with Gasteiger partial charge in [-0.05, 0) is 13.3 Å². The summed E-state index contributed by atoms with van der Waals surface area (Å²) in [6.07, 6.45) is 4.31. The van der Waals surface area contributed by atoms with Gasteiger partial charge in [-0.2, -0.15) is 0 Å². The summed E-state index contributed by atoms with van der Waals surface area (Å²) >= 11 is 0. The van der Waals surface area contributed by atoms with Crippen molar-refractivity contribution in [1.82, 2.24) is 0 Å². The van der Waals surface area contributed by atoms with Crippen LogP contribution in [0, 0.1) is 0 Å². The van der Waals surface area contributed by atoms with Crippen molar-refractivity contribution in [2.24, 2.45) is 0 Å². The summed E-state index contributed by atoms with van der Waals surface area (Å²) in [6, 6.07) is 0. The Morgan fingerprint density at radius 1 is 1.11 bits per heavy atom. The number of hydrogen-bond acceptors (Lipinski definition) is 8. The first-order valence-corrected chi connectivity index (χ1v) is 8.45. The third-order valence-electron chi connectivity index (χ3n) is 2.56. The quantitative estimate of drug-likeness (QED) is 0.199. The van der Waals surface area contributed by atoms with Crippen molar-refractivity contribution in [3.8, 4) is 0 Å². The van der Waals surface area contributed by atoms with Gasteiger partial charge in [0.15, 0.2) is 0 Å². The zero-order valence-electron chi connectivity index (χ0n) is 16.1. The van der Waals surface area contributed by atoms with Crippen molar-refractivity contribution in [3.05, 3.63) is 37.5 Å². The lowest BCUT2D eigenvalue weighted by molar-refractivity contribution is -0.139. The number of carbonyl (C=O) groups is 3. The van der Waals surface area contributed by atoms with Gasteiger partial charge in [0.05, 0.1) is 19.8 Å². The summed E-state index contributed by atoms with van der Waals surface area (Å²) in [5.41, 5.74) is 0.469. The SMILES string of the molecule is C=C(C)C(=O)OCCCC.C=CC(=O)OCC1CO1.C=CC(=O)OCCO. The molecule has 0 bridgehead atoms. The maximum atomic E-state index is 10.7. The molecule has 1 aliphatic rings. The average Bonchev–Trinajstić information content (AvgIpc) is 3.49. The van der Waals surface area contributed by atoms with E-state index >= 15 is 0 Å². The number of aliphatic hydroxyl groups excluding tert-OH is 1. The van der Waals surface area contributed by atoms with Gasteiger partial charge in [0.2, 0.25) is 0 Å². The molecular formula is C19H30O8. The highest BCUT2D eigenvalue weighted by Crippen LogP contribution is 2.08. The first-order valence-electron chi connectivity index (χ1n) is 8.45. The van der Waals surface area contributed by atoms with Gasteiger partial charge < -0.3 is 24.1 Å². The van der Waals surface area contributed by atoms with Crippen LogP contribution in [0.2, 0.25) is 0 Å². The van der Waals surface area contributed by atoms with E-state index in [2.05, 4.69) is 36.1 Å². The molecule has 1 heterocycles. The van der Waals surface area contributed by atoms with Crippen LogP contribution in [-0.2, 0) is 33.3 Å². The predicted octanol–water partition coefficient (Wildman–Crippen LogP) is 1.73. The van der Waals surface area contributed by atoms with Crippen LogP contribution in [0.4, 0.5) is 0 Å². The zero-order chi connectivity index (χ0) is 21.1. The van der Waals surface area contributed by atoms with Gasteiger partial charge >= 0.3 is 17.9 Å². The Kier molecular flexibility index (Phi) is 18.2. The molecule has 0 spiro atoms. The Labute approximate surface area is 160 Å². The van der Waals surface area contributed by atoms with Crippen LogP contribution in [0.15, 0.2) is 37.5 Å². The van der Waals surface area contributed by atoms with E-state index in [9.17, 15) is 14.4 Å². The minimum atomic E-state index is -0.501. The van der Waals surface area contributed by atoms with E-state index in [1.54, 1.807) is 6.92 Å². The van der Waals surface area contributed by atoms with Crippen molar-refractivity contribution in [3.63, 3.8) is 0 Å². The van der Waals surface area contributed by atoms with E-state index in [1.165, 1.54) is 0 Å². The second-order valence-electron chi connectivity index (χ2n) is 5.15. The molecule has 154 valence electrons. The second-order valence-corrected chi connectivity index (χ2v) is 5.15. The Bertz CT molecular complexity index is 480. The van der Waals surface area contributed by atoms with E-state index < -0.39 is 5.97 Å². The number of carbonyl (C=O) groups excluding carboxylic acids is 3. The summed E-state index contributed by atoms with van der Waals surface area (Å²) in [5, 5.41) is 8.10. The molecule has 27 heavy (non-hydrogen) atoms. The van der Waals surface area contributed by atoms with Crippen molar-refractivity contribution in [2.45, 2.75) is 32.8 Å². The molecule has 0 amide bonds. The maximum absolute atomic E-state index is 10.7. The van der Waals surface area contributed by atoms with Crippen LogP contribution in [0.3, 0.4) is 0 Å². The van der Waals surface area contributed by atoms with E-state index in [0.717, 1.165) is 25.0 Å². The molecule has 0 aromatic carbocycles. The molecule has 0 aliphatic carbocycles. The summed E-state index contributed by atoms with van der Waals surface area (Å²) in [5.74, 6) is -1.17. The largest absolute Gasteiger partial charge is 0.462 e. The minimum absolute atomic E-state index is 0.0465. The number of epoxide rings is 1. The maximum Gasteiger partial charge on any atom is 0.333 e. The Hall–Kier alpha value is -2.45. The van der Waals surface area contributed by atoms with Crippen LogP contribution >= 0.6 is 0 Å². The molecule has 0 aromatic heterocycles. The lowest BCUT2D eigenvalue weighted by atomic mass is 10.3. The van der Waals surface area contributed by atoms with Crippen molar-refractivity contribution >= 4 is 17.9 Å². The highest BCUT2D eigenvalue weighted by Gasteiger charge is 2.23. The number of hydrogen-bond donors (Lipinski definition) is 1. The topological polar surface area (TPSA) is 112 Å². The first kappa shape index (κ1) is 26.8. The molecule has 0 aromatic rings. The van der Waals surface area contributed by atoms with E-state index in [4.69, 9.17) is 14.6 Å². The Balaban J connectivity index is 0. The second kappa shape index (κ2) is 18.3. The molecule has 1 aliphatic heterocycles. The van der Waals surface area contributed by atoms with Gasteiger partial charge in [0.1, 0.15) is 19.3 Å². The van der Waals surface area contributed by atoms with E-state index in [0.29, 0.717) is 25.4 Å². The number of ether oxygens (including phenoxy) is 4. The van der Waals surface area contributed by atoms with Gasteiger partial charge in [-0.1, -0.05) is 33.1 Å². The van der Waals surface area contributed by atoms with Crippen LogP contribution in [0.5, 0.6) is 0 Å². The first-order chi connectivity index (χ1) is 12.8. The van der Waals surface area contributed by atoms with Gasteiger partial charge in [0.25, 0.3) is 0 Å². The molecule has 8 heteroatoms. The number of esters is 3. The van der Waals surface area contributed by atoms with Crippen molar-refractivity contribution in [1.29, 1.82) is 0 Å². The zero-order valence-corrected chi connectivity index (χ0v) is 16.1. The normalized spacial score (nSPS) is 13.4. The summed E-state index contributed by atoms with van der Waals surface area (Å²) in [7, 11) is 0. The lowest BCUT2D eigenvalue weighted by Gasteiger charge is -2.01. The highest BCUT2D eigenvalue weighted by molar-refractivity contribution is 5.86. The van der Waals surface area contributed by atoms with Crippen molar-refractivity contribution in [2.75, 3.05) is 33.0 Å². The molecule has 1 atom stereocenters. The molecule has 0 saturated carbocycles. The fraction of sp³-hybridized carbons (Fsp3) is 0.526. The number of unbranched alkanes of at least 4 members (excludes halogenated alkanes) is 1. The van der Waals surface area contributed by atoms with Crippen molar-refractivity contribution < 1.29 is 38.4 Å². The third kappa shape index (κ3) is 21.5. The molecule has 0 radical (unpaired) electrons. The predicted molar refractivity (Wildman–Crippen MR) is 99.8 cm³/mol. The molecular weight excluding hydrogens is 356 g/mol. The van der Waals surface area contributed by atoms with Gasteiger partial charge in [-0.15, -0.1) is 0 Å². The fourth-order valence-electron chi connectivity index (χ4n) is 1.04. The lowest BCUT2D eigenvalue weighted by Crippen LogP contribution is -2.06. The average molecular weight is 386 g/mol. The summed E-state index contributed by atoms with van der Waals surface area (Å²) in [6.45, 7) is 15.1. The summed E-state index contributed by atoms with van der Waals surface area (Å²) in [4.78, 5) is 31.2. The number of aliphatic hydroxyl groups is 1. The molecule has 1 N–H and O–H groups in total. The van der Waals surface area contributed by atoms with Crippen LogP contribution in [0.1, 0.15) is 26.7 Å². The molecule has 8 nitrogen and oxygen atoms in total. The Morgan fingerprint density at radius 2 is 1.67 bits per heavy atom. The smallest absolute Gasteiger partial charge is 0.333 e. The van der Waals surface area contributed by atoms with Gasteiger partial charge in [-0.3, -0.25) is 0 Å². The molecule has 1 rings (SSSR count). The Morgan fingerprint density at radius 3 is 2.07 bits per heavy atom. The van der Waals surface area contributed by atoms with E-state index in [-0.39, 0.29) is 31.3 Å². The van der Waals surface area contributed by atoms with Crippen LogP contribution < -0.4 is 0 Å². The molecule has 1 unspecified atom stereocenters. The minimum Gasteiger partial charge on any atom is -0.462 e. The summed E-state index contributed by atoms with van der Waals surface area (Å²) < 4.78 is 18.6. The van der Waals surface area contributed by atoms with Gasteiger partial charge in [-0.25, -0.2) is 14.4 Å². The number of rotatable bonds is 10. The molecule has 1 fully saturated rings.